The molecule has 0 saturated carbocycles. The average molecular weight is 244 g/mol. The molecule has 1 aromatic heterocycles. The number of hydrogen-bond acceptors (Lipinski definition) is 8. The van der Waals surface area contributed by atoms with E-state index in [1.54, 1.807) is 0 Å². The predicted octanol–water partition coefficient (Wildman–Crippen LogP) is -2.44. The number of nitrogens with zero attached hydrogens (tertiary/aromatic N) is 3. The zero-order valence-electron chi connectivity index (χ0n) is 9.17. The number of rotatable bonds is 5. The van der Waals surface area contributed by atoms with Gasteiger partial charge in [-0.2, -0.15) is 4.98 Å². The molecule has 0 aromatic carbocycles. The quantitative estimate of drug-likeness (QED) is 0.314. The van der Waals surface area contributed by atoms with Gasteiger partial charge in [-0.05, 0) is 0 Å². The summed E-state index contributed by atoms with van der Waals surface area (Å²) in [6, 6.07) is 0. The van der Waals surface area contributed by atoms with Gasteiger partial charge in [0.2, 0.25) is 5.95 Å². The van der Waals surface area contributed by atoms with Crippen LogP contribution in [0.4, 0.5) is 17.5 Å². The van der Waals surface area contributed by atoms with Crippen LogP contribution in [-0.2, 0) is 0 Å². The first-order valence-corrected chi connectivity index (χ1v) is 4.91. The van der Waals surface area contributed by atoms with Crippen molar-refractivity contribution in [2.24, 2.45) is 0 Å². The maximum Gasteiger partial charge on any atom is 0.243 e. The molecule has 1 rings (SSSR count). The van der Waals surface area contributed by atoms with Crippen molar-refractivity contribution in [3.8, 4) is 0 Å². The summed E-state index contributed by atoms with van der Waals surface area (Å²) in [5.41, 5.74) is 10.4. The number of hydrogen-bond donors (Lipinski definition) is 6. The van der Waals surface area contributed by atoms with Gasteiger partial charge in [0.15, 0.2) is 11.3 Å². The van der Waals surface area contributed by atoms with Gasteiger partial charge in [-0.15, -0.1) is 4.73 Å². The topological polar surface area (TPSA) is 158 Å². The van der Waals surface area contributed by atoms with Crippen molar-refractivity contribution in [2.45, 2.75) is 0 Å². The number of anilines is 3. The van der Waals surface area contributed by atoms with Crippen molar-refractivity contribution in [2.75, 3.05) is 42.7 Å². The van der Waals surface area contributed by atoms with Crippen molar-refractivity contribution < 1.29 is 15.4 Å². The normalized spacial score (nSPS) is 10.5. The molecule has 96 valence electrons. The summed E-state index contributed by atoms with van der Waals surface area (Å²) in [6.07, 6.45) is 0. The second-order valence-electron chi connectivity index (χ2n) is 3.31. The van der Waals surface area contributed by atoms with E-state index in [0.717, 1.165) is 0 Å². The Balaban J connectivity index is 3.23. The zero-order chi connectivity index (χ0) is 13.0. The molecule has 9 nitrogen and oxygen atoms in total. The van der Waals surface area contributed by atoms with Crippen LogP contribution < -0.4 is 21.9 Å². The van der Waals surface area contributed by atoms with Crippen molar-refractivity contribution >= 4 is 17.5 Å². The van der Waals surface area contributed by atoms with Crippen LogP contribution in [0.15, 0.2) is 0 Å². The lowest BCUT2D eigenvalue weighted by Crippen LogP contribution is -2.37. The predicted molar refractivity (Wildman–Crippen MR) is 60.5 cm³/mol. The maximum atomic E-state index is 9.65. The van der Waals surface area contributed by atoms with Crippen LogP contribution >= 0.6 is 0 Å². The third-order valence-electron chi connectivity index (χ3n) is 2.18. The van der Waals surface area contributed by atoms with Crippen LogP contribution in [0.3, 0.4) is 0 Å². The summed E-state index contributed by atoms with van der Waals surface area (Å²) in [7, 11) is 0. The molecule has 0 unspecified atom stereocenters. The second-order valence-corrected chi connectivity index (χ2v) is 3.31. The third kappa shape index (κ3) is 2.57. The highest BCUT2D eigenvalue weighted by Gasteiger charge is 2.15. The molecule has 8 N–H and O–H groups in total. The van der Waals surface area contributed by atoms with Gasteiger partial charge < -0.3 is 31.8 Å². The van der Waals surface area contributed by atoms with Crippen molar-refractivity contribution in [1.29, 1.82) is 5.41 Å². The van der Waals surface area contributed by atoms with Crippen LogP contribution in [0.2, 0.25) is 0 Å². The summed E-state index contributed by atoms with van der Waals surface area (Å²) in [6.45, 7) is -0.119. The minimum atomic E-state index is -0.395. The fourth-order valence-corrected chi connectivity index (χ4v) is 1.31. The highest BCUT2D eigenvalue weighted by atomic mass is 16.5. The van der Waals surface area contributed by atoms with Crippen molar-refractivity contribution in [1.82, 2.24) is 9.71 Å². The van der Waals surface area contributed by atoms with E-state index >= 15 is 0 Å². The number of aliphatic hydroxyl groups excluding tert-OH is 2. The zero-order valence-corrected chi connectivity index (χ0v) is 9.17. The number of nitrogen functional groups attached to an aromatic ring is 2. The first-order valence-electron chi connectivity index (χ1n) is 4.91. The van der Waals surface area contributed by atoms with E-state index in [4.69, 9.17) is 27.1 Å². The molecule has 0 aliphatic heterocycles. The van der Waals surface area contributed by atoms with Crippen LogP contribution in [0.5, 0.6) is 0 Å². The molecule has 0 aliphatic rings. The lowest BCUT2D eigenvalue weighted by Gasteiger charge is -2.23. The van der Waals surface area contributed by atoms with E-state index in [9.17, 15) is 5.21 Å². The molecule has 1 heterocycles. The Labute approximate surface area is 97.0 Å². The van der Waals surface area contributed by atoms with Gasteiger partial charge in [-0.3, -0.25) is 5.41 Å². The Morgan fingerprint density at radius 1 is 1.24 bits per heavy atom. The molecule has 17 heavy (non-hydrogen) atoms. The van der Waals surface area contributed by atoms with Gasteiger partial charge in [0.1, 0.15) is 5.69 Å². The van der Waals surface area contributed by atoms with Crippen LogP contribution in [0.25, 0.3) is 0 Å². The molecular formula is C8H16N6O3. The Bertz CT molecular complexity index is 440. The van der Waals surface area contributed by atoms with Crippen molar-refractivity contribution in [3.05, 3.63) is 5.49 Å². The summed E-state index contributed by atoms with van der Waals surface area (Å²) < 4.78 is 0.455. The maximum absolute atomic E-state index is 9.65. The summed E-state index contributed by atoms with van der Waals surface area (Å²) in [5.74, 6) is -0.138. The summed E-state index contributed by atoms with van der Waals surface area (Å²) in [5, 5.41) is 34.9. The first-order chi connectivity index (χ1) is 8.02. The van der Waals surface area contributed by atoms with E-state index in [0.29, 0.717) is 4.73 Å². The smallest absolute Gasteiger partial charge is 0.243 e. The molecular weight excluding hydrogens is 228 g/mol. The molecule has 0 aliphatic carbocycles. The second kappa shape index (κ2) is 5.37. The Morgan fingerprint density at radius 3 is 2.24 bits per heavy atom. The molecule has 0 radical (unpaired) electrons. The van der Waals surface area contributed by atoms with Gasteiger partial charge >= 0.3 is 0 Å². The van der Waals surface area contributed by atoms with Crippen LogP contribution in [0.1, 0.15) is 0 Å². The molecule has 0 spiro atoms. The molecule has 0 bridgehead atoms. The van der Waals surface area contributed by atoms with Gasteiger partial charge in [-0.25, -0.2) is 0 Å². The highest BCUT2D eigenvalue weighted by molar-refractivity contribution is 5.58. The summed E-state index contributed by atoms with van der Waals surface area (Å²) >= 11 is 0. The Morgan fingerprint density at radius 2 is 1.76 bits per heavy atom. The van der Waals surface area contributed by atoms with Gasteiger partial charge in [0.05, 0.1) is 13.2 Å². The number of nitrogens with two attached hydrogens (primary N) is 2. The molecule has 0 fully saturated rings. The molecule has 0 saturated heterocycles. The largest absolute Gasteiger partial charge is 0.423 e. The average Bonchev–Trinajstić information content (AvgIpc) is 2.31. The van der Waals surface area contributed by atoms with E-state index < -0.39 is 5.49 Å². The van der Waals surface area contributed by atoms with E-state index in [1.807, 2.05) is 0 Å². The lowest BCUT2D eigenvalue weighted by molar-refractivity contribution is 0.168. The number of aliphatic hydroxyl groups is 2. The fraction of sp³-hybridized carbons (Fsp3) is 0.500. The van der Waals surface area contributed by atoms with Crippen LogP contribution in [0, 0.1) is 5.41 Å². The molecule has 9 heteroatoms. The van der Waals surface area contributed by atoms with E-state index in [1.165, 1.54) is 4.90 Å². The van der Waals surface area contributed by atoms with Crippen molar-refractivity contribution in [3.63, 3.8) is 0 Å². The van der Waals surface area contributed by atoms with Gasteiger partial charge in [0.25, 0.3) is 0 Å². The number of aromatic nitrogens is 2. The number of nitrogens with one attached hydrogen (secondary N) is 1. The monoisotopic (exact) mass is 244 g/mol. The minimum absolute atomic E-state index is 0.0511. The fourth-order valence-electron chi connectivity index (χ4n) is 1.31. The van der Waals surface area contributed by atoms with E-state index in [2.05, 4.69) is 4.98 Å². The van der Waals surface area contributed by atoms with Gasteiger partial charge in [0, 0.05) is 13.1 Å². The van der Waals surface area contributed by atoms with E-state index in [-0.39, 0.29) is 43.8 Å². The minimum Gasteiger partial charge on any atom is -0.423 e. The summed E-state index contributed by atoms with van der Waals surface area (Å²) in [4.78, 5) is 5.20. The third-order valence-corrected chi connectivity index (χ3v) is 2.18. The van der Waals surface area contributed by atoms with Gasteiger partial charge in [-0.1, -0.05) is 0 Å². The molecule has 0 atom stereocenters. The molecule has 1 aromatic rings. The Hall–Kier alpha value is -2.00. The van der Waals surface area contributed by atoms with Crippen LogP contribution in [-0.4, -0.2) is 51.4 Å². The molecule has 0 amide bonds. The highest BCUT2D eigenvalue weighted by Crippen LogP contribution is 2.13. The standard InChI is InChI=1S/C8H16N6O3/c9-5-6(10)12-8(14(17)7(5)11)13(1-3-15)2-4-16/h11,15-17H,1-4,9-10H2. The first kappa shape index (κ1) is 13.1. The SMILES string of the molecule is N=c1c(N)c(N)nc(N(CCO)CCO)n1O. The lowest BCUT2D eigenvalue weighted by atomic mass is 10.4. The Kier molecular flexibility index (Phi) is 4.12.